The highest BCUT2D eigenvalue weighted by molar-refractivity contribution is 5.52. The van der Waals surface area contributed by atoms with Crippen LogP contribution < -0.4 is 10.1 Å². The molecule has 0 fully saturated rings. The summed E-state index contributed by atoms with van der Waals surface area (Å²) in [4.78, 5) is 0. The number of aliphatic hydroxyl groups is 1. The molecule has 2 aromatic carbocycles. The van der Waals surface area contributed by atoms with Crippen LogP contribution in [-0.2, 0) is 0 Å². The molecule has 1 unspecified atom stereocenters. The van der Waals surface area contributed by atoms with E-state index in [0.29, 0.717) is 6.54 Å². The Balaban J connectivity index is 1.80. The molecule has 2 N–H and O–H groups in total. The number of nitrogens with one attached hydrogen (secondary N) is 1. The Morgan fingerprint density at radius 1 is 1.00 bits per heavy atom. The van der Waals surface area contributed by atoms with Crippen LogP contribution in [0.3, 0.4) is 0 Å². The topological polar surface area (TPSA) is 41.5 Å². The van der Waals surface area contributed by atoms with Crippen LogP contribution in [0.2, 0.25) is 0 Å². The fourth-order valence-corrected chi connectivity index (χ4v) is 2.04. The number of benzene rings is 2. The summed E-state index contributed by atoms with van der Waals surface area (Å²) in [5.74, 6) is 0.784. The Morgan fingerprint density at radius 2 is 1.67 bits per heavy atom. The van der Waals surface area contributed by atoms with E-state index in [-0.39, 0.29) is 6.61 Å². The van der Waals surface area contributed by atoms with Gasteiger partial charge < -0.3 is 15.2 Å². The van der Waals surface area contributed by atoms with E-state index < -0.39 is 6.10 Å². The predicted octanol–water partition coefficient (Wildman–Crippen LogP) is 3.46. The lowest BCUT2D eigenvalue weighted by Gasteiger charge is -2.15. The average molecular weight is 285 g/mol. The second kappa shape index (κ2) is 7.14. The van der Waals surface area contributed by atoms with Gasteiger partial charge in [-0.3, -0.25) is 0 Å². The minimum absolute atomic E-state index is 0.279. The molecule has 0 radical (unpaired) electrons. The lowest BCUT2D eigenvalue weighted by atomic mass is 10.1. The van der Waals surface area contributed by atoms with E-state index in [1.807, 2.05) is 31.2 Å². The van der Waals surface area contributed by atoms with Gasteiger partial charge in [-0.1, -0.05) is 29.8 Å². The molecule has 0 amide bonds. The zero-order valence-corrected chi connectivity index (χ0v) is 12.9. The minimum atomic E-state index is -0.550. The SMILES string of the molecule is Cc1ccc(OCC(O)CNc2cc(C)ccc2C)cc1. The van der Waals surface area contributed by atoms with Crippen LogP contribution in [0.5, 0.6) is 5.75 Å². The Bertz CT molecular complexity index is 578. The monoisotopic (exact) mass is 285 g/mol. The molecule has 1 atom stereocenters. The summed E-state index contributed by atoms with van der Waals surface area (Å²) in [6, 6.07) is 14.1. The Morgan fingerprint density at radius 3 is 2.38 bits per heavy atom. The van der Waals surface area contributed by atoms with Crippen molar-refractivity contribution in [3.05, 3.63) is 59.2 Å². The maximum absolute atomic E-state index is 10.00. The molecule has 0 spiro atoms. The molecule has 0 aromatic heterocycles. The number of aliphatic hydroxyl groups excluding tert-OH is 1. The Hall–Kier alpha value is -2.00. The molecule has 2 aromatic rings. The highest BCUT2D eigenvalue weighted by atomic mass is 16.5. The Labute approximate surface area is 126 Å². The first kappa shape index (κ1) is 15.4. The van der Waals surface area contributed by atoms with Crippen LogP contribution in [0.25, 0.3) is 0 Å². The van der Waals surface area contributed by atoms with E-state index in [9.17, 15) is 5.11 Å². The van der Waals surface area contributed by atoms with Gasteiger partial charge in [0.1, 0.15) is 18.5 Å². The van der Waals surface area contributed by atoms with E-state index >= 15 is 0 Å². The molecule has 3 heteroatoms. The first-order valence-corrected chi connectivity index (χ1v) is 7.23. The second-order valence-electron chi connectivity index (χ2n) is 5.48. The molecule has 21 heavy (non-hydrogen) atoms. The predicted molar refractivity (Wildman–Crippen MR) is 87.1 cm³/mol. The highest BCUT2D eigenvalue weighted by Crippen LogP contribution is 2.16. The standard InChI is InChI=1S/C18H23NO2/c1-13-5-8-17(9-6-13)21-12-16(20)11-19-18-10-14(2)4-7-15(18)3/h4-10,16,19-20H,11-12H2,1-3H3. The van der Waals surface area contributed by atoms with Crippen molar-refractivity contribution in [1.29, 1.82) is 0 Å². The van der Waals surface area contributed by atoms with Crippen LogP contribution in [0.15, 0.2) is 42.5 Å². The maximum Gasteiger partial charge on any atom is 0.119 e. The minimum Gasteiger partial charge on any atom is -0.491 e. The van der Waals surface area contributed by atoms with Crippen molar-refractivity contribution in [2.24, 2.45) is 0 Å². The number of ether oxygens (including phenoxy) is 1. The van der Waals surface area contributed by atoms with Gasteiger partial charge in [-0.05, 0) is 50.1 Å². The normalized spacial score (nSPS) is 12.0. The average Bonchev–Trinajstić information content (AvgIpc) is 2.47. The molecule has 0 aliphatic carbocycles. The molecule has 0 saturated carbocycles. The number of rotatable bonds is 6. The summed E-state index contributed by atoms with van der Waals surface area (Å²) in [7, 11) is 0. The summed E-state index contributed by atoms with van der Waals surface area (Å²) in [5.41, 5.74) is 4.63. The summed E-state index contributed by atoms with van der Waals surface area (Å²) >= 11 is 0. The van der Waals surface area contributed by atoms with Gasteiger partial charge in [0.05, 0.1) is 0 Å². The van der Waals surface area contributed by atoms with E-state index in [1.165, 1.54) is 16.7 Å². The van der Waals surface area contributed by atoms with Crippen molar-refractivity contribution < 1.29 is 9.84 Å². The molecule has 0 aliphatic rings. The molecule has 0 aliphatic heterocycles. The van der Waals surface area contributed by atoms with Crippen molar-refractivity contribution in [1.82, 2.24) is 0 Å². The summed E-state index contributed by atoms with van der Waals surface area (Å²) in [6.07, 6.45) is -0.550. The van der Waals surface area contributed by atoms with Crippen molar-refractivity contribution in [2.75, 3.05) is 18.5 Å². The van der Waals surface area contributed by atoms with Gasteiger partial charge in [0.25, 0.3) is 0 Å². The van der Waals surface area contributed by atoms with E-state index in [2.05, 4.69) is 37.4 Å². The molecular weight excluding hydrogens is 262 g/mol. The summed E-state index contributed by atoms with van der Waals surface area (Å²) < 4.78 is 5.58. The molecule has 0 bridgehead atoms. The first-order chi connectivity index (χ1) is 10.0. The first-order valence-electron chi connectivity index (χ1n) is 7.23. The zero-order chi connectivity index (χ0) is 15.2. The highest BCUT2D eigenvalue weighted by Gasteiger charge is 2.06. The third-order valence-electron chi connectivity index (χ3n) is 3.38. The third kappa shape index (κ3) is 4.80. The molecule has 3 nitrogen and oxygen atoms in total. The van der Waals surface area contributed by atoms with E-state index in [0.717, 1.165) is 11.4 Å². The van der Waals surface area contributed by atoms with Crippen LogP contribution >= 0.6 is 0 Å². The number of anilines is 1. The molecule has 0 saturated heterocycles. The molecular formula is C18H23NO2. The van der Waals surface area contributed by atoms with Crippen molar-refractivity contribution in [3.8, 4) is 5.75 Å². The van der Waals surface area contributed by atoms with Crippen molar-refractivity contribution >= 4 is 5.69 Å². The zero-order valence-electron chi connectivity index (χ0n) is 12.9. The largest absolute Gasteiger partial charge is 0.491 e. The van der Waals surface area contributed by atoms with Gasteiger partial charge in [-0.15, -0.1) is 0 Å². The smallest absolute Gasteiger partial charge is 0.119 e. The quantitative estimate of drug-likeness (QED) is 0.854. The fourth-order valence-electron chi connectivity index (χ4n) is 2.04. The maximum atomic E-state index is 10.00. The van der Waals surface area contributed by atoms with Gasteiger partial charge in [-0.25, -0.2) is 0 Å². The van der Waals surface area contributed by atoms with Gasteiger partial charge in [-0.2, -0.15) is 0 Å². The lowest BCUT2D eigenvalue weighted by Crippen LogP contribution is -2.26. The Kier molecular flexibility index (Phi) is 5.23. The molecule has 2 rings (SSSR count). The van der Waals surface area contributed by atoms with Gasteiger partial charge in [0.15, 0.2) is 0 Å². The van der Waals surface area contributed by atoms with E-state index in [1.54, 1.807) is 0 Å². The van der Waals surface area contributed by atoms with Crippen LogP contribution in [0.1, 0.15) is 16.7 Å². The lowest BCUT2D eigenvalue weighted by molar-refractivity contribution is 0.117. The van der Waals surface area contributed by atoms with Gasteiger partial charge in [0.2, 0.25) is 0 Å². The van der Waals surface area contributed by atoms with Gasteiger partial charge in [0, 0.05) is 12.2 Å². The summed E-state index contributed by atoms with van der Waals surface area (Å²) in [5, 5.41) is 13.3. The van der Waals surface area contributed by atoms with Crippen molar-refractivity contribution in [3.63, 3.8) is 0 Å². The molecule has 112 valence electrons. The summed E-state index contributed by atoms with van der Waals surface area (Å²) in [6.45, 7) is 6.89. The number of aryl methyl sites for hydroxylation is 3. The van der Waals surface area contributed by atoms with Gasteiger partial charge >= 0.3 is 0 Å². The van der Waals surface area contributed by atoms with Crippen molar-refractivity contribution in [2.45, 2.75) is 26.9 Å². The third-order valence-corrected chi connectivity index (χ3v) is 3.38. The number of hydrogen-bond acceptors (Lipinski definition) is 3. The van der Waals surface area contributed by atoms with Crippen LogP contribution in [0, 0.1) is 20.8 Å². The second-order valence-corrected chi connectivity index (χ2v) is 5.48. The fraction of sp³-hybridized carbons (Fsp3) is 0.333. The number of hydrogen-bond donors (Lipinski definition) is 2. The molecule has 0 heterocycles. The van der Waals surface area contributed by atoms with E-state index in [4.69, 9.17) is 4.74 Å². The van der Waals surface area contributed by atoms with Crippen LogP contribution in [0.4, 0.5) is 5.69 Å². The van der Waals surface area contributed by atoms with Crippen LogP contribution in [-0.4, -0.2) is 24.4 Å².